The Bertz CT molecular complexity index is 493. The number of benzene rings is 1. The van der Waals surface area contributed by atoms with Crippen LogP contribution >= 0.6 is 0 Å². The van der Waals surface area contributed by atoms with E-state index in [0.29, 0.717) is 25.2 Å². The Hall–Kier alpha value is -1.75. The van der Waals surface area contributed by atoms with Gasteiger partial charge in [0.05, 0.1) is 18.8 Å². The van der Waals surface area contributed by atoms with Crippen LogP contribution in [0.3, 0.4) is 0 Å². The Morgan fingerprint density at radius 1 is 1.22 bits per heavy atom. The number of para-hydroxylation sites is 2. The van der Waals surface area contributed by atoms with E-state index in [2.05, 4.69) is 17.6 Å². The Labute approximate surface area is 138 Å². The quantitative estimate of drug-likeness (QED) is 0.723. The zero-order chi connectivity index (χ0) is 16.5. The fourth-order valence-corrected chi connectivity index (χ4v) is 2.94. The third-order valence-electron chi connectivity index (χ3n) is 4.33. The number of hydrogen-bond acceptors (Lipinski definition) is 4. The van der Waals surface area contributed by atoms with Gasteiger partial charge in [0, 0.05) is 13.2 Å². The maximum atomic E-state index is 12.2. The number of ether oxygens (including phenoxy) is 2. The van der Waals surface area contributed by atoms with E-state index in [-0.39, 0.29) is 12.5 Å². The first kappa shape index (κ1) is 17.6. The molecular weight excluding hydrogens is 292 g/mol. The van der Waals surface area contributed by atoms with Gasteiger partial charge in [0.25, 0.3) is 0 Å². The molecule has 1 fully saturated rings. The van der Waals surface area contributed by atoms with E-state index in [1.807, 2.05) is 24.3 Å². The van der Waals surface area contributed by atoms with Gasteiger partial charge >= 0.3 is 0 Å². The molecule has 1 aliphatic rings. The van der Waals surface area contributed by atoms with Crippen LogP contribution < -0.4 is 15.4 Å². The summed E-state index contributed by atoms with van der Waals surface area (Å²) in [6.45, 7) is 3.50. The molecule has 2 N–H and O–H groups in total. The first-order valence-corrected chi connectivity index (χ1v) is 8.44. The largest absolute Gasteiger partial charge is 0.489 e. The number of anilines is 1. The van der Waals surface area contributed by atoms with Gasteiger partial charge in [0.2, 0.25) is 5.91 Å². The normalized spacial score (nSPS) is 20.8. The molecule has 2 rings (SSSR count). The number of carbonyl (C=O) groups excluding carboxylic acids is 1. The molecule has 2 unspecified atom stereocenters. The van der Waals surface area contributed by atoms with Crippen LogP contribution in [-0.4, -0.2) is 38.8 Å². The molecule has 5 heteroatoms. The predicted octanol–water partition coefficient (Wildman–Crippen LogP) is 2.82. The van der Waals surface area contributed by atoms with Gasteiger partial charge in [-0.1, -0.05) is 31.9 Å². The lowest BCUT2D eigenvalue weighted by Crippen LogP contribution is -2.43. The van der Waals surface area contributed by atoms with Crippen molar-refractivity contribution in [3.8, 4) is 5.75 Å². The zero-order valence-electron chi connectivity index (χ0n) is 14.1. The summed E-state index contributed by atoms with van der Waals surface area (Å²) in [4.78, 5) is 12.2. The lowest BCUT2D eigenvalue weighted by Gasteiger charge is -2.29. The second-order valence-electron chi connectivity index (χ2n) is 6.13. The van der Waals surface area contributed by atoms with Crippen molar-refractivity contribution < 1.29 is 14.3 Å². The van der Waals surface area contributed by atoms with Crippen molar-refractivity contribution in [2.45, 2.75) is 38.6 Å². The van der Waals surface area contributed by atoms with Crippen LogP contribution in [-0.2, 0) is 9.53 Å². The summed E-state index contributed by atoms with van der Waals surface area (Å²) >= 11 is 0. The number of nitrogens with one attached hydrogen (secondary N) is 2. The maximum absolute atomic E-state index is 12.2. The molecule has 23 heavy (non-hydrogen) atoms. The first-order valence-electron chi connectivity index (χ1n) is 8.44. The smallest absolute Gasteiger partial charge is 0.239 e. The van der Waals surface area contributed by atoms with Gasteiger partial charge < -0.3 is 20.1 Å². The molecule has 0 heterocycles. The van der Waals surface area contributed by atoms with E-state index >= 15 is 0 Å². The predicted molar refractivity (Wildman–Crippen MR) is 91.9 cm³/mol. The van der Waals surface area contributed by atoms with Crippen molar-refractivity contribution in [2.75, 3.05) is 32.2 Å². The number of methoxy groups -OCH3 is 1. The number of carbonyl (C=O) groups is 1. The minimum Gasteiger partial charge on any atom is -0.489 e. The fraction of sp³-hybridized carbons (Fsp3) is 0.611. The van der Waals surface area contributed by atoms with E-state index in [9.17, 15) is 4.79 Å². The fourth-order valence-electron chi connectivity index (χ4n) is 2.94. The highest BCUT2D eigenvalue weighted by Gasteiger charge is 2.22. The summed E-state index contributed by atoms with van der Waals surface area (Å²) < 4.78 is 10.6. The Morgan fingerprint density at radius 2 is 2.00 bits per heavy atom. The molecule has 0 spiro atoms. The molecule has 1 aromatic carbocycles. The van der Waals surface area contributed by atoms with Gasteiger partial charge in [-0.25, -0.2) is 0 Å². The lowest BCUT2D eigenvalue weighted by atomic mass is 9.86. The van der Waals surface area contributed by atoms with E-state index in [0.717, 1.165) is 17.9 Å². The first-order chi connectivity index (χ1) is 11.2. The van der Waals surface area contributed by atoms with Crippen molar-refractivity contribution in [2.24, 2.45) is 5.92 Å². The summed E-state index contributed by atoms with van der Waals surface area (Å²) in [5, 5.41) is 6.31. The van der Waals surface area contributed by atoms with Gasteiger partial charge in [-0.15, -0.1) is 0 Å². The van der Waals surface area contributed by atoms with Crippen molar-refractivity contribution in [1.82, 2.24) is 5.32 Å². The van der Waals surface area contributed by atoms with E-state index in [4.69, 9.17) is 9.47 Å². The lowest BCUT2D eigenvalue weighted by molar-refractivity contribution is -0.120. The van der Waals surface area contributed by atoms with E-state index in [1.165, 1.54) is 19.3 Å². The molecule has 0 aromatic heterocycles. The Balaban J connectivity index is 1.81. The van der Waals surface area contributed by atoms with Gasteiger partial charge in [-0.2, -0.15) is 0 Å². The highest BCUT2D eigenvalue weighted by molar-refractivity contribution is 5.81. The molecule has 2 atom stereocenters. The zero-order valence-corrected chi connectivity index (χ0v) is 14.1. The second kappa shape index (κ2) is 9.40. The summed E-state index contributed by atoms with van der Waals surface area (Å²) in [6, 6.07) is 7.95. The van der Waals surface area contributed by atoms with Crippen molar-refractivity contribution in [3.63, 3.8) is 0 Å². The van der Waals surface area contributed by atoms with Gasteiger partial charge in [0.15, 0.2) is 0 Å². The van der Waals surface area contributed by atoms with Crippen LogP contribution in [0.2, 0.25) is 0 Å². The Morgan fingerprint density at radius 3 is 2.78 bits per heavy atom. The molecule has 0 aliphatic heterocycles. The molecule has 1 saturated carbocycles. The number of amides is 1. The second-order valence-corrected chi connectivity index (χ2v) is 6.13. The third kappa shape index (κ3) is 5.75. The molecule has 5 nitrogen and oxygen atoms in total. The summed E-state index contributed by atoms with van der Waals surface area (Å²) in [7, 11) is 1.64. The van der Waals surface area contributed by atoms with Crippen LogP contribution in [0.25, 0.3) is 0 Å². The molecule has 1 aromatic rings. The average Bonchev–Trinajstić information content (AvgIpc) is 2.56. The summed E-state index contributed by atoms with van der Waals surface area (Å²) in [6.07, 6.45) is 4.77. The maximum Gasteiger partial charge on any atom is 0.239 e. The van der Waals surface area contributed by atoms with Gasteiger partial charge in [0.1, 0.15) is 12.4 Å². The molecule has 0 radical (unpaired) electrons. The molecule has 0 bridgehead atoms. The molecule has 128 valence electrons. The molecule has 1 aliphatic carbocycles. The summed E-state index contributed by atoms with van der Waals surface area (Å²) in [5.74, 6) is 1.34. The van der Waals surface area contributed by atoms with Crippen molar-refractivity contribution in [3.05, 3.63) is 24.3 Å². The Kier molecular flexibility index (Phi) is 7.20. The van der Waals surface area contributed by atoms with Crippen LogP contribution in [0, 0.1) is 5.92 Å². The van der Waals surface area contributed by atoms with Crippen LogP contribution in [0.15, 0.2) is 24.3 Å². The van der Waals surface area contributed by atoms with E-state index < -0.39 is 0 Å². The minimum absolute atomic E-state index is 0.0374. The minimum atomic E-state index is 0.0374. The SMILES string of the molecule is COCCOc1ccccc1NCC(=O)NC1CCCCC1C. The van der Waals surface area contributed by atoms with Crippen LogP contribution in [0.5, 0.6) is 5.75 Å². The van der Waals surface area contributed by atoms with Gasteiger partial charge in [-0.3, -0.25) is 4.79 Å². The molecular formula is C18H28N2O3. The average molecular weight is 320 g/mol. The highest BCUT2D eigenvalue weighted by Crippen LogP contribution is 2.24. The molecule has 0 saturated heterocycles. The topological polar surface area (TPSA) is 59.6 Å². The van der Waals surface area contributed by atoms with Gasteiger partial charge in [-0.05, 0) is 30.9 Å². The van der Waals surface area contributed by atoms with E-state index in [1.54, 1.807) is 7.11 Å². The molecule has 1 amide bonds. The van der Waals surface area contributed by atoms with Crippen molar-refractivity contribution in [1.29, 1.82) is 0 Å². The van der Waals surface area contributed by atoms with Crippen LogP contribution in [0.4, 0.5) is 5.69 Å². The van der Waals surface area contributed by atoms with Crippen LogP contribution in [0.1, 0.15) is 32.6 Å². The van der Waals surface area contributed by atoms with Crippen molar-refractivity contribution >= 4 is 11.6 Å². The monoisotopic (exact) mass is 320 g/mol. The standard InChI is InChI=1S/C18H28N2O3/c1-14-7-3-4-8-15(14)20-18(21)13-19-16-9-5-6-10-17(16)23-12-11-22-2/h5-6,9-10,14-15,19H,3-4,7-8,11-13H2,1-2H3,(H,20,21). The highest BCUT2D eigenvalue weighted by atomic mass is 16.5. The third-order valence-corrected chi connectivity index (χ3v) is 4.33. The summed E-state index contributed by atoms with van der Waals surface area (Å²) in [5.41, 5.74) is 0.829. The number of rotatable bonds is 8. The number of hydrogen-bond donors (Lipinski definition) is 2.